The number of hydrogen-bond acceptors (Lipinski definition) is 7. The van der Waals surface area contributed by atoms with Gasteiger partial charge in [0.1, 0.15) is 11.7 Å². The summed E-state index contributed by atoms with van der Waals surface area (Å²) in [4.78, 5) is 21.1. The van der Waals surface area contributed by atoms with Crippen LogP contribution in [0.3, 0.4) is 0 Å². The molecule has 0 atom stereocenters. The standard InChI is InChI=1S/C27H23N5O3S/c1-3-34-23-14-18(10-11-22(23)35-16-20-8-5-4-7-17(20)2)13-21-24(28)32-27(30-25(21)33)36-26(31-32)19-9-6-12-29-15-19/h4-15,28H,3,16H2,1-2H3. The number of hydrazone groups is 1. The Morgan fingerprint density at radius 2 is 1.94 bits per heavy atom. The number of benzene rings is 2. The van der Waals surface area contributed by atoms with Crippen LogP contribution in [0.25, 0.3) is 6.08 Å². The molecule has 2 aliphatic heterocycles. The summed E-state index contributed by atoms with van der Waals surface area (Å²) >= 11 is 1.24. The van der Waals surface area contributed by atoms with E-state index in [0.717, 1.165) is 16.7 Å². The van der Waals surface area contributed by atoms with E-state index in [2.05, 4.69) is 15.1 Å². The highest BCUT2D eigenvalue weighted by molar-refractivity contribution is 8.27. The quantitative estimate of drug-likeness (QED) is 0.459. The smallest absolute Gasteiger partial charge is 0.283 e. The first-order chi connectivity index (χ1) is 17.5. The molecule has 2 aliphatic rings. The summed E-state index contributed by atoms with van der Waals surface area (Å²) < 4.78 is 11.9. The number of rotatable bonds is 7. The third-order valence-corrected chi connectivity index (χ3v) is 6.54. The Morgan fingerprint density at radius 3 is 2.72 bits per heavy atom. The summed E-state index contributed by atoms with van der Waals surface area (Å²) in [6, 6.07) is 17.2. The number of hydrogen-bond donors (Lipinski definition) is 1. The van der Waals surface area contributed by atoms with E-state index in [-0.39, 0.29) is 11.4 Å². The van der Waals surface area contributed by atoms with E-state index in [1.807, 2.05) is 62.4 Å². The molecular formula is C27H23N5O3S. The van der Waals surface area contributed by atoms with Gasteiger partial charge in [-0.05, 0) is 72.6 Å². The van der Waals surface area contributed by atoms with Crippen LogP contribution in [0.1, 0.15) is 29.2 Å². The van der Waals surface area contributed by atoms with Crippen LogP contribution in [-0.4, -0.2) is 38.6 Å². The van der Waals surface area contributed by atoms with Crippen molar-refractivity contribution in [2.24, 2.45) is 10.1 Å². The SMILES string of the molecule is CCOc1cc(C=C2C(=N)N3N=C(c4cccnc4)SC3=NC2=O)ccc1OCc1ccccc1C. The zero-order valence-corrected chi connectivity index (χ0v) is 20.6. The highest BCUT2D eigenvalue weighted by Gasteiger charge is 2.36. The van der Waals surface area contributed by atoms with Gasteiger partial charge in [-0.25, -0.2) is 0 Å². The first-order valence-electron chi connectivity index (χ1n) is 11.4. The fourth-order valence-electron chi connectivity index (χ4n) is 3.69. The Bertz CT molecular complexity index is 1430. The second-order valence-corrected chi connectivity index (χ2v) is 8.98. The van der Waals surface area contributed by atoms with Crippen molar-refractivity contribution in [1.29, 1.82) is 5.41 Å². The lowest BCUT2D eigenvalue weighted by Gasteiger charge is -2.20. The lowest BCUT2D eigenvalue weighted by molar-refractivity contribution is -0.114. The Morgan fingerprint density at radius 1 is 1.08 bits per heavy atom. The van der Waals surface area contributed by atoms with Crippen molar-refractivity contribution in [3.63, 3.8) is 0 Å². The summed E-state index contributed by atoms with van der Waals surface area (Å²) in [5.41, 5.74) is 3.88. The van der Waals surface area contributed by atoms with Gasteiger partial charge >= 0.3 is 0 Å². The highest BCUT2D eigenvalue weighted by atomic mass is 32.2. The molecule has 0 saturated carbocycles. The van der Waals surface area contributed by atoms with Gasteiger partial charge in [-0.2, -0.15) is 15.1 Å². The second-order valence-electron chi connectivity index (χ2n) is 8.02. The molecule has 180 valence electrons. The zero-order valence-electron chi connectivity index (χ0n) is 19.8. The van der Waals surface area contributed by atoms with Gasteiger partial charge in [0.2, 0.25) is 5.17 Å². The number of aromatic nitrogens is 1. The molecule has 5 rings (SSSR count). The van der Waals surface area contributed by atoms with Gasteiger partial charge in [-0.15, -0.1) is 0 Å². The number of carbonyl (C=O) groups is 1. The van der Waals surface area contributed by atoms with E-state index < -0.39 is 5.91 Å². The average molecular weight is 498 g/mol. The van der Waals surface area contributed by atoms with Crippen LogP contribution in [0.4, 0.5) is 0 Å². The van der Waals surface area contributed by atoms with Crippen molar-refractivity contribution in [3.8, 4) is 11.5 Å². The summed E-state index contributed by atoms with van der Waals surface area (Å²) in [7, 11) is 0. The zero-order chi connectivity index (χ0) is 25.1. The number of amides is 1. The van der Waals surface area contributed by atoms with Crippen LogP contribution in [0.5, 0.6) is 11.5 Å². The molecule has 36 heavy (non-hydrogen) atoms. The summed E-state index contributed by atoms with van der Waals surface area (Å²) in [6.45, 7) is 4.82. The maximum absolute atomic E-state index is 12.8. The van der Waals surface area contributed by atoms with Crippen molar-refractivity contribution in [1.82, 2.24) is 9.99 Å². The Kier molecular flexibility index (Phi) is 6.64. The normalized spacial score (nSPS) is 16.1. The minimum Gasteiger partial charge on any atom is -0.490 e. The number of amidine groups is 2. The molecule has 0 radical (unpaired) electrons. The van der Waals surface area contributed by atoms with E-state index in [0.29, 0.717) is 40.5 Å². The molecule has 0 bridgehead atoms. The first kappa shape index (κ1) is 23.5. The molecule has 9 heteroatoms. The second kappa shape index (κ2) is 10.2. The van der Waals surface area contributed by atoms with Crippen LogP contribution in [0, 0.1) is 12.3 Å². The largest absolute Gasteiger partial charge is 0.490 e. The lowest BCUT2D eigenvalue weighted by Crippen LogP contribution is -2.35. The molecule has 0 saturated heterocycles. The Balaban J connectivity index is 1.40. The van der Waals surface area contributed by atoms with Gasteiger partial charge in [0.05, 0.1) is 12.2 Å². The van der Waals surface area contributed by atoms with Crippen LogP contribution in [0.15, 0.2) is 82.7 Å². The lowest BCUT2D eigenvalue weighted by atomic mass is 10.1. The van der Waals surface area contributed by atoms with Gasteiger partial charge in [0, 0.05) is 18.0 Å². The number of nitrogens with one attached hydrogen (secondary N) is 1. The Hall–Kier alpha value is -4.24. The molecule has 1 N–H and O–H groups in total. The predicted molar refractivity (Wildman–Crippen MR) is 141 cm³/mol. The number of nitrogens with zero attached hydrogens (tertiary/aromatic N) is 4. The minimum atomic E-state index is -0.487. The monoisotopic (exact) mass is 497 g/mol. The number of pyridine rings is 1. The third kappa shape index (κ3) is 4.78. The number of ether oxygens (including phenoxy) is 2. The number of aliphatic imine (C=N–C) groups is 1. The molecule has 2 aromatic carbocycles. The van der Waals surface area contributed by atoms with Gasteiger partial charge in [-0.1, -0.05) is 30.3 Å². The van der Waals surface area contributed by atoms with Crippen LogP contribution in [-0.2, 0) is 11.4 Å². The van der Waals surface area contributed by atoms with E-state index in [1.165, 1.54) is 16.8 Å². The van der Waals surface area contributed by atoms with Gasteiger partial charge in [-0.3, -0.25) is 15.2 Å². The molecule has 3 aromatic rings. The van der Waals surface area contributed by atoms with Gasteiger partial charge < -0.3 is 9.47 Å². The summed E-state index contributed by atoms with van der Waals surface area (Å²) in [6.07, 6.45) is 4.99. The molecular weight excluding hydrogens is 474 g/mol. The van der Waals surface area contributed by atoms with E-state index >= 15 is 0 Å². The van der Waals surface area contributed by atoms with Crippen molar-refractivity contribution in [3.05, 3.63) is 94.8 Å². The van der Waals surface area contributed by atoms with Crippen LogP contribution >= 0.6 is 11.8 Å². The number of aryl methyl sites for hydroxylation is 1. The van der Waals surface area contributed by atoms with Crippen molar-refractivity contribution in [2.45, 2.75) is 20.5 Å². The van der Waals surface area contributed by atoms with Gasteiger partial charge in [0.15, 0.2) is 17.3 Å². The fraction of sp³-hybridized carbons (Fsp3) is 0.148. The Labute approximate surface area is 212 Å². The maximum atomic E-state index is 12.8. The number of carbonyl (C=O) groups excluding carboxylic acids is 1. The molecule has 0 aliphatic carbocycles. The van der Waals surface area contributed by atoms with Crippen LogP contribution in [0.2, 0.25) is 0 Å². The highest BCUT2D eigenvalue weighted by Crippen LogP contribution is 2.33. The minimum absolute atomic E-state index is 0.0331. The average Bonchev–Trinajstić information content (AvgIpc) is 3.32. The fourth-order valence-corrected chi connectivity index (χ4v) is 4.58. The van der Waals surface area contributed by atoms with E-state index in [9.17, 15) is 4.79 Å². The summed E-state index contributed by atoms with van der Waals surface area (Å²) in [5, 5.41) is 15.5. The van der Waals surface area contributed by atoms with E-state index in [4.69, 9.17) is 14.9 Å². The topological polar surface area (TPSA) is 100 Å². The van der Waals surface area contributed by atoms with Crippen molar-refractivity contribution >= 4 is 39.8 Å². The third-order valence-electron chi connectivity index (χ3n) is 5.59. The van der Waals surface area contributed by atoms with Crippen molar-refractivity contribution < 1.29 is 14.3 Å². The predicted octanol–water partition coefficient (Wildman–Crippen LogP) is 5.04. The molecule has 0 fully saturated rings. The molecule has 1 aromatic heterocycles. The number of thioether (sulfide) groups is 1. The molecule has 1 amide bonds. The van der Waals surface area contributed by atoms with Crippen LogP contribution < -0.4 is 9.47 Å². The first-order valence-corrected chi connectivity index (χ1v) is 12.2. The van der Waals surface area contributed by atoms with Crippen molar-refractivity contribution in [2.75, 3.05) is 6.61 Å². The summed E-state index contributed by atoms with van der Waals surface area (Å²) in [5.74, 6) is 0.649. The molecule has 0 unspecified atom stereocenters. The maximum Gasteiger partial charge on any atom is 0.283 e. The molecule has 3 heterocycles. The van der Waals surface area contributed by atoms with E-state index in [1.54, 1.807) is 24.5 Å². The molecule has 8 nitrogen and oxygen atoms in total. The molecule has 0 spiro atoms. The van der Waals surface area contributed by atoms with Gasteiger partial charge in [0.25, 0.3) is 5.91 Å². The number of fused-ring (bicyclic) bond motifs is 1.